The average molecular weight is 352 g/mol. The Morgan fingerprint density at radius 2 is 2.00 bits per heavy atom. The zero-order valence-electron chi connectivity index (χ0n) is 13.0. The van der Waals surface area contributed by atoms with Gasteiger partial charge in [0, 0.05) is 6.54 Å². The minimum absolute atomic E-state index is 0.732. The predicted molar refractivity (Wildman–Crippen MR) is 88.3 cm³/mol. The van der Waals surface area contributed by atoms with Gasteiger partial charge in [-0.3, -0.25) is 4.68 Å². The van der Waals surface area contributed by atoms with E-state index in [9.17, 15) is 5.11 Å². The lowest BCUT2D eigenvalue weighted by molar-refractivity contribution is 0.0894. The van der Waals surface area contributed by atoms with Crippen molar-refractivity contribution in [2.45, 2.75) is 26.0 Å². The van der Waals surface area contributed by atoms with Gasteiger partial charge in [0.2, 0.25) is 0 Å². The van der Waals surface area contributed by atoms with Crippen molar-refractivity contribution in [3.05, 3.63) is 51.8 Å². The molecule has 1 aromatic heterocycles. The standard InChI is InChI=1S/C16H22BrN3O/c1-12-7-5-6-8-13(12)16(2,21)15-14(17)11-18-20(15)10-9-19(3)4/h5-8,11,21H,9-10H2,1-4H3. The van der Waals surface area contributed by atoms with E-state index >= 15 is 0 Å². The first kappa shape index (κ1) is 16.2. The molecular weight excluding hydrogens is 330 g/mol. The Bertz CT molecular complexity index is 620. The number of benzene rings is 1. The summed E-state index contributed by atoms with van der Waals surface area (Å²) in [6.07, 6.45) is 1.75. The molecule has 2 aromatic rings. The highest BCUT2D eigenvalue weighted by molar-refractivity contribution is 9.10. The molecule has 0 saturated carbocycles. The number of aliphatic hydroxyl groups is 1. The molecule has 0 amide bonds. The number of rotatable bonds is 5. The molecule has 1 N–H and O–H groups in total. The van der Waals surface area contributed by atoms with Gasteiger partial charge in [-0.25, -0.2) is 0 Å². The van der Waals surface area contributed by atoms with Gasteiger partial charge in [-0.1, -0.05) is 24.3 Å². The number of aryl methyl sites for hydroxylation is 1. The fraction of sp³-hybridized carbons (Fsp3) is 0.438. The van der Waals surface area contributed by atoms with E-state index in [1.165, 1.54) is 0 Å². The smallest absolute Gasteiger partial charge is 0.130 e. The van der Waals surface area contributed by atoms with E-state index in [0.717, 1.165) is 34.4 Å². The molecule has 0 bridgehead atoms. The first-order chi connectivity index (χ1) is 9.84. The predicted octanol–water partition coefficient (Wildman–Crippen LogP) is 2.77. The van der Waals surface area contributed by atoms with Crippen molar-refractivity contribution < 1.29 is 5.11 Å². The SMILES string of the molecule is Cc1ccccc1C(C)(O)c1c(Br)cnn1CCN(C)C. The van der Waals surface area contributed by atoms with Crippen LogP contribution in [0, 0.1) is 6.92 Å². The minimum Gasteiger partial charge on any atom is -0.379 e. The quantitative estimate of drug-likeness (QED) is 0.900. The Hall–Kier alpha value is -1.17. The second-order valence-corrected chi connectivity index (χ2v) is 6.61. The summed E-state index contributed by atoms with van der Waals surface area (Å²) in [5.74, 6) is 0. The Balaban J connectivity index is 2.45. The number of nitrogens with zero attached hydrogens (tertiary/aromatic N) is 3. The Kier molecular flexibility index (Phi) is 4.86. The van der Waals surface area contributed by atoms with Crippen LogP contribution in [0.1, 0.15) is 23.7 Å². The number of hydrogen-bond acceptors (Lipinski definition) is 3. The fourth-order valence-corrected chi connectivity index (χ4v) is 3.24. The summed E-state index contributed by atoms with van der Waals surface area (Å²) >= 11 is 3.52. The van der Waals surface area contributed by atoms with Gasteiger partial charge < -0.3 is 10.0 Å². The summed E-state index contributed by atoms with van der Waals surface area (Å²) in [5.41, 5.74) is 1.67. The number of halogens is 1. The van der Waals surface area contributed by atoms with Gasteiger partial charge in [-0.15, -0.1) is 0 Å². The van der Waals surface area contributed by atoms with Gasteiger partial charge in [0.15, 0.2) is 0 Å². The second kappa shape index (κ2) is 6.30. The summed E-state index contributed by atoms with van der Waals surface area (Å²) in [6.45, 7) is 5.43. The van der Waals surface area contributed by atoms with Crippen molar-refractivity contribution in [1.29, 1.82) is 0 Å². The zero-order valence-corrected chi connectivity index (χ0v) is 14.6. The summed E-state index contributed by atoms with van der Waals surface area (Å²) in [4.78, 5) is 2.10. The highest BCUT2D eigenvalue weighted by Gasteiger charge is 2.33. The van der Waals surface area contributed by atoms with Crippen molar-refractivity contribution >= 4 is 15.9 Å². The van der Waals surface area contributed by atoms with Crippen LogP contribution in [-0.2, 0) is 12.1 Å². The van der Waals surface area contributed by atoms with E-state index in [2.05, 4.69) is 25.9 Å². The first-order valence-electron chi connectivity index (χ1n) is 6.99. The number of likely N-dealkylation sites (N-methyl/N-ethyl adjacent to an activating group) is 1. The van der Waals surface area contributed by atoms with Gasteiger partial charge >= 0.3 is 0 Å². The van der Waals surface area contributed by atoms with Crippen LogP contribution >= 0.6 is 15.9 Å². The van der Waals surface area contributed by atoms with E-state index in [4.69, 9.17) is 0 Å². The third-order valence-corrected chi connectivity index (χ3v) is 4.26. The van der Waals surface area contributed by atoms with E-state index in [-0.39, 0.29) is 0 Å². The highest BCUT2D eigenvalue weighted by atomic mass is 79.9. The monoisotopic (exact) mass is 351 g/mol. The lowest BCUT2D eigenvalue weighted by atomic mass is 9.89. The summed E-state index contributed by atoms with van der Waals surface area (Å²) in [5, 5.41) is 15.5. The summed E-state index contributed by atoms with van der Waals surface area (Å²) in [6, 6.07) is 7.90. The molecule has 1 unspecified atom stereocenters. The largest absolute Gasteiger partial charge is 0.379 e. The Labute approximate surface area is 134 Å². The fourth-order valence-electron chi connectivity index (χ4n) is 2.56. The average Bonchev–Trinajstić information content (AvgIpc) is 2.78. The molecule has 114 valence electrons. The van der Waals surface area contributed by atoms with Gasteiger partial charge in [0.1, 0.15) is 5.60 Å². The van der Waals surface area contributed by atoms with Crippen LogP contribution in [-0.4, -0.2) is 40.4 Å². The molecule has 1 heterocycles. The van der Waals surface area contributed by atoms with Gasteiger partial charge in [0.05, 0.1) is 22.9 Å². The summed E-state index contributed by atoms with van der Waals surface area (Å²) in [7, 11) is 4.05. The number of hydrogen-bond donors (Lipinski definition) is 1. The molecule has 1 atom stereocenters. The highest BCUT2D eigenvalue weighted by Crippen LogP contribution is 2.35. The molecule has 5 heteroatoms. The molecule has 4 nitrogen and oxygen atoms in total. The zero-order chi connectivity index (χ0) is 15.6. The maximum absolute atomic E-state index is 11.1. The molecule has 2 rings (SSSR count). The molecule has 0 aliphatic rings. The van der Waals surface area contributed by atoms with E-state index < -0.39 is 5.60 Å². The maximum atomic E-state index is 11.1. The van der Waals surface area contributed by atoms with Gasteiger partial charge in [-0.05, 0) is 55.0 Å². The topological polar surface area (TPSA) is 41.3 Å². The van der Waals surface area contributed by atoms with Crippen molar-refractivity contribution in [3.8, 4) is 0 Å². The lowest BCUT2D eigenvalue weighted by Crippen LogP contribution is -2.30. The van der Waals surface area contributed by atoms with Gasteiger partial charge in [-0.2, -0.15) is 5.10 Å². The van der Waals surface area contributed by atoms with Crippen LogP contribution in [0.25, 0.3) is 0 Å². The molecule has 0 aliphatic heterocycles. The molecule has 0 aliphatic carbocycles. The maximum Gasteiger partial charge on any atom is 0.130 e. The third-order valence-electron chi connectivity index (χ3n) is 3.68. The molecule has 0 spiro atoms. The molecule has 0 saturated heterocycles. The molecule has 1 aromatic carbocycles. The molecular formula is C16H22BrN3O. The third kappa shape index (κ3) is 3.36. The van der Waals surface area contributed by atoms with E-state index in [1.807, 2.05) is 56.9 Å². The van der Waals surface area contributed by atoms with E-state index in [1.54, 1.807) is 6.20 Å². The second-order valence-electron chi connectivity index (χ2n) is 5.75. The number of aromatic nitrogens is 2. The van der Waals surface area contributed by atoms with Crippen molar-refractivity contribution in [1.82, 2.24) is 14.7 Å². The van der Waals surface area contributed by atoms with Crippen LogP contribution in [0.3, 0.4) is 0 Å². The lowest BCUT2D eigenvalue weighted by Gasteiger charge is -2.27. The molecule has 0 fully saturated rings. The van der Waals surface area contributed by atoms with Crippen LogP contribution in [0.2, 0.25) is 0 Å². The van der Waals surface area contributed by atoms with Crippen molar-refractivity contribution in [2.24, 2.45) is 0 Å². The van der Waals surface area contributed by atoms with Crippen molar-refractivity contribution in [3.63, 3.8) is 0 Å². The Morgan fingerprint density at radius 1 is 1.33 bits per heavy atom. The normalized spacial score (nSPS) is 14.4. The van der Waals surface area contributed by atoms with Crippen LogP contribution in [0.15, 0.2) is 34.9 Å². The van der Waals surface area contributed by atoms with Crippen LogP contribution in [0.4, 0.5) is 0 Å². The van der Waals surface area contributed by atoms with Crippen molar-refractivity contribution in [2.75, 3.05) is 20.6 Å². The molecule has 0 radical (unpaired) electrons. The van der Waals surface area contributed by atoms with Gasteiger partial charge in [0.25, 0.3) is 0 Å². The molecule has 21 heavy (non-hydrogen) atoms. The minimum atomic E-state index is -1.09. The summed E-state index contributed by atoms with van der Waals surface area (Å²) < 4.78 is 2.70. The van der Waals surface area contributed by atoms with E-state index in [0.29, 0.717) is 0 Å². The van der Waals surface area contributed by atoms with Crippen LogP contribution in [0.5, 0.6) is 0 Å². The Morgan fingerprint density at radius 3 is 2.62 bits per heavy atom. The first-order valence-corrected chi connectivity index (χ1v) is 7.78. The van der Waals surface area contributed by atoms with Crippen LogP contribution < -0.4 is 0 Å².